The van der Waals surface area contributed by atoms with Crippen molar-refractivity contribution in [2.24, 2.45) is 30.5 Å². The zero-order valence-electron chi connectivity index (χ0n) is 9.26. The molecule has 1 aromatic heterocycles. The van der Waals surface area contributed by atoms with Crippen molar-refractivity contribution in [2.75, 3.05) is 0 Å². The number of aryl methyl sites for hydroxylation is 1. The molecule has 1 aromatic rings. The van der Waals surface area contributed by atoms with E-state index in [0.29, 0.717) is 0 Å². The fourth-order valence-electron chi connectivity index (χ4n) is 3.41. The van der Waals surface area contributed by atoms with Crippen LogP contribution in [0.4, 0.5) is 0 Å². The minimum Gasteiger partial charge on any atom is -0.324 e. The van der Waals surface area contributed by atoms with Crippen molar-refractivity contribution in [3.63, 3.8) is 0 Å². The maximum absolute atomic E-state index is 6.32. The number of aromatic nitrogens is 2. The van der Waals surface area contributed by atoms with Crippen LogP contribution in [0.25, 0.3) is 0 Å². The summed E-state index contributed by atoms with van der Waals surface area (Å²) in [4.78, 5) is 0. The van der Waals surface area contributed by atoms with Gasteiger partial charge in [0.1, 0.15) is 0 Å². The molecule has 0 amide bonds. The molecule has 3 unspecified atom stereocenters. The van der Waals surface area contributed by atoms with Crippen LogP contribution < -0.4 is 5.73 Å². The van der Waals surface area contributed by atoms with Gasteiger partial charge >= 0.3 is 0 Å². The lowest BCUT2D eigenvalue weighted by molar-refractivity contribution is 0.480. The first-order valence-electron chi connectivity index (χ1n) is 6.01. The first-order valence-corrected chi connectivity index (χ1v) is 6.01. The molecule has 2 fully saturated rings. The topological polar surface area (TPSA) is 43.8 Å². The molecule has 1 heterocycles. The summed E-state index contributed by atoms with van der Waals surface area (Å²) in [6.45, 7) is 0. The SMILES string of the molecule is Cn1cc(C(N)C2C3CCCCC32)cn1. The zero-order chi connectivity index (χ0) is 10.4. The van der Waals surface area contributed by atoms with E-state index >= 15 is 0 Å². The maximum Gasteiger partial charge on any atom is 0.0537 e. The number of nitrogens with zero attached hydrogens (tertiary/aromatic N) is 2. The third-order valence-corrected chi connectivity index (χ3v) is 4.25. The molecule has 0 aliphatic heterocycles. The van der Waals surface area contributed by atoms with Gasteiger partial charge < -0.3 is 5.73 Å². The fourth-order valence-corrected chi connectivity index (χ4v) is 3.41. The van der Waals surface area contributed by atoms with E-state index < -0.39 is 0 Å². The Morgan fingerprint density at radius 3 is 2.60 bits per heavy atom. The van der Waals surface area contributed by atoms with E-state index in [9.17, 15) is 0 Å². The highest BCUT2D eigenvalue weighted by molar-refractivity contribution is 5.17. The Morgan fingerprint density at radius 2 is 2.07 bits per heavy atom. The van der Waals surface area contributed by atoms with Gasteiger partial charge in [-0.1, -0.05) is 12.8 Å². The number of hydrogen-bond acceptors (Lipinski definition) is 2. The van der Waals surface area contributed by atoms with Gasteiger partial charge in [-0.15, -0.1) is 0 Å². The minimum absolute atomic E-state index is 0.229. The van der Waals surface area contributed by atoms with Gasteiger partial charge in [0.15, 0.2) is 0 Å². The van der Waals surface area contributed by atoms with Crippen molar-refractivity contribution < 1.29 is 0 Å². The van der Waals surface area contributed by atoms with E-state index in [2.05, 4.69) is 11.3 Å². The van der Waals surface area contributed by atoms with Gasteiger partial charge in [0.05, 0.1) is 6.20 Å². The Labute approximate surface area is 90.7 Å². The van der Waals surface area contributed by atoms with Crippen molar-refractivity contribution in [2.45, 2.75) is 31.7 Å². The predicted molar refractivity (Wildman–Crippen MR) is 59.1 cm³/mol. The largest absolute Gasteiger partial charge is 0.324 e. The van der Waals surface area contributed by atoms with Crippen LogP contribution in [0.15, 0.2) is 12.4 Å². The third kappa shape index (κ3) is 1.49. The first kappa shape index (κ1) is 9.40. The summed E-state index contributed by atoms with van der Waals surface area (Å²) in [6.07, 6.45) is 9.63. The molecule has 2 saturated carbocycles. The quantitative estimate of drug-likeness (QED) is 0.801. The Kier molecular flexibility index (Phi) is 2.09. The van der Waals surface area contributed by atoms with Crippen molar-refractivity contribution in [3.8, 4) is 0 Å². The summed E-state index contributed by atoms with van der Waals surface area (Å²) in [7, 11) is 1.95. The molecule has 3 atom stereocenters. The molecule has 15 heavy (non-hydrogen) atoms. The Morgan fingerprint density at radius 1 is 1.40 bits per heavy atom. The highest BCUT2D eigenvalue weighted by atomic mass is 15.2. The van der Waals surface area contributed by atoms with Crippen LogP contribution in [-0.2, 0) is 7.05 Å². The second-order valence-corrected chi connectivity index (χ2v) is 5.16. The van der Waals surface area contributed by atoms with Gasteiger partial charge in [-0.25, -0.2) is 0 Å². The number of fused-ring (bicyclic) bond motifs is 1. The van der Waals surface area contributed by atoms with E-state index in [4.69, 9.17) is 5.73 Å². The van der Waals surface area contributed by atoms with Crippen LogP contribution in [0.2, 0.25) is 0 Å². The molecule has 0 spiro atoms. The fraction of sp³-hybridized carbons (Fsp3) is 0.750. The monoisotopic (exact) mass is 205 g/mol. The lowest BCUT2D eigenvalue weighted by Gasteiger charge is -2.08. The van der Waals surface area contributed by atoms with Crippen LogP contribution in [0.5, 0.6) is 0 Å². The van der Waals surface area contributed by atoms with Gasteiger partial charge in [-0.3, -0.25) is 4.68 Å². The molecular weight excluding hydrogens is 186 g/mol. The Balaban J connectivity index is 1.73. The minimum atomic E-state index is 0.229. The van der Waals surface area contributed by atoms with Crippen molar-refractivity contribution >= 4 is 0 Å². The second-order valence-electron chi connectivity index (χ2n) is 5.16. The van der Waals surface area contributed by atoms with Gasteiger partial charge in [-0.05, 0) is 30.6 Å². The highest BCUT2D eigenvalue weighted by Gasteiger charge is 2.53. The Hall–Kier alpha value is -0.830. The highest BCUT2D eigenvalue weighted by Crippen LogP contribution is 2.59. The molecular formula is C12H19N3. The predicted octanol–water partition coefficient (Wildman–Crippen LogP) is 1.86. The molecule has 2 N–H and O–H groups in total. The average Bonchev–Trinajstić information content (AvgIpc) is 2.82. The molecule has 0 aromatic carbocycles. The lowest BCUT2D eigenvalue weighted by atomic mass is 10.0. The zero-order valence-corrected chi connectivity index (χ0v) is 9.26. The molecule has 0 bridgehead atoms. The standard InChI is InChI=1S/C12H19N3/c1-15-7-8(6-14-15)12(13)11-9-4-2-3-5-10(9)11/h6-7,9-12H,2-5,13H2,1H3. The van der Waals surface area contributed by atoms with Gasteiger partial charge in [0.2, 0.25) is 0 Å². The molecule has 0 saturated heterocycles. The van der Waals surface area contributed by atoms with Gasteiger partial charge in [-0.2, -0.15) is 5.10 Å². The summed E-state index contributed by atoms with van der Waals surface area (Å²) in [5.74, 6) is 2.60. The molecule has 3 rings (SSSR count). The lowest BCUT2D eigenvalue weighted by Crippen LogP contribution is -2.13. The number of rotatable bonds is 2. The molecule has 2 aliphatic rings. The summed E-state index contributed by atoms with van der Waals surface area (Å²) in [5.41, 5.74) is 7.54. The summed E-state index contributed by atoms with van der Waals surface area (Å²) < 4.78 is 1.85. The molecule has 3 nitrogen and oxygen atoms in total. The number of nitrogens with two attached hydrogens (primary N) is 1. The van der Waals surface area contributed by atoms with Gasteiger partial charge in [0.25, 0.3) is 0 Å². The maximum atomic E-state index is 6.32. The van der Waals surface area contributed by atoms with Crippen LogP contribution in [0, 0.1) is 17.8 Å². The molecule has 82 valence electrons. The van der Waals surface area contributed by atoms with Gasteiger partial charge in [0, 0.05) is 24.8 Å². The van der Waals surface area contributed by atoms with Crippen LogP contribution in [0.3, 0.4) is 0 Å². The second kappa shape index (κ2) is 3.34. The first-order chi connectivity index (χ1) is 7.27. The van der Waals surface area contributed by atoms with E-state index in [1.54, 1.807) is 0 Å². The van der Waals surface area contributed by atoms with Crippen LogP contribution in [0.1, 0.15) is 37.3 Å². The average molecular weight is 205 g/mol. The van der Waals surface area contributed by atoms with E-state index in [1.807, 2.05) is 17.9 Å². The van der Waals surface area contributed by atoms with E-state index in [1.165, 1.54) is 31.2 Å². The summed E-state index contributed by atoms with van der Waals surface area (Å²) in [6, 6.07) is 0.229. The van der Waals surface area contributed by atoms with Crippen molar-refractivity contribution in [3.05, 3.63) is 18.0 Å². The smallest absolute Gasteiger partial charge is 0.0537 e. The van der Waals surface area contributed by atoms with Crippen LogP contribution in [-0.4, -0.2) is 9.78 Å². The Bertz CT molecular complexity index is 346. The van der Waals surface area contributed by atoms with Crippen LogP contribution >= 0.6 is 0 Å². The van der Waals surface area contributed by atoms with Crippen molar-refractivity contribution in [1.82, 2.24) is 9.78 Å². The third-order valence-electron chi connectivity index (χ3n) is 4.25. The normalized spacial score (nSPS) is 36.0. The van der Waals surface area contributed by atoms with E-state index in [0.717, 1.165) is 17.8 Å². The summed E-state index contributed by atoms with van der Waals surface area (Å²) >= 11 is 0. The number of hydrogen-bond donors (Lipinski definition) is 1. The van der Waals surface area contributed by atoms with Crippen molar-refractivity contribution in [1.29, 1.82) is 0 Å². The summed E-state index contributed by atoms with van der Waals surface area (Å²) in [5, 5.41) is 4.20. The molecule has 3 heteroatoms. The van der Waals surface area contributed by atoms with E-state index in [-0.39, 0.29) is 6.04 Å². The molecule has 0 radical (unpaired) electrons. The molecule has 2 aliphatic carbocycles.